The van der Waals surface area contributed by atoms with E-state index in [2.05, 4.69) is 54.7 Å². The highest BCUT2D eigenvalue weighted by molar-refractivity contribution is 5.64. The zero-order chi connectivity index (χ0) is 12.8. The van der Waals surface area contributed by atoms with E-state index in [1.165, 1.54) is 22.4 Å². The quantitative estimate of drug-likeness (QED) is 0.767. The Morgan fingerprint density at radius 1 is 1.11 bits per heavy atom. The van der Waals surface area contributed by atoms with Gasteiger partial charge in [0.25, 0.3) is 0 Å². The van der Waals surface area contributed by atoms with E-state index in [0.717, 1.165) is 18.6 Å². The Labute approximate surface area is 113 Å². The number of hydrogen-bond donors (Lipinski definition) is 1. The first-order chi connectivity index (χ1) is 9.33. The first-order valence-electron chi connectivity index (χ1n) is 6.93. The number of fused-ring (bicyclic) bond motifs is 4. The summed E-state index contributed by atoms with van der Waals surface area (Å²) in [6.07, 6.45) is 2.42. The van der Waals surface area contributed by atoms with E-state index < -0.39 is 0 Å². The van der Waals surface area contributed by atoms with Crippen LogP contribution < -0.4 is 10.1 Å². The van der Waals surface area contributed by atoms with E-state index in [-0.39, 0.29) is 6.10 Å². The molecule has 2 aromatic carbocycles. The lowest BCUT2D eigenvalue weighted by atomic mass is 9.84. The van der Waals surface area contributed by atoms with Crippen molar-refractivity contribution in [3.8, 4) is 5.75 Å². The van der Waals surface area contributed by atoms with Gasteiger partial charge in [0, 0.05) is 0 Å². The molecule has 2 aromatic rings. The van der Waals surface area contributed by atoms with Crippen LogP contribution in [0.15, 0.2) is 42.5 Å². The summed E-state index contributed by atoms with van der Waals surface area (Å²) in [5.41, 5.74) is 5.21. The maximum Gasteiger partial charge on any atom is 0.144 e. The average molecular weight is 251 g/mol. The number of hydrogen-bond acceptors (Lipinski definition) is 2. The van der Waals surface area contributed by atoms with Crippen molar-refractivity contribution in [2.45, 2.75) is 31.9 Å². The van der Waals surface area contributed by atoms with Crippen LogP contribution in [0.25, 0.3) is 0 Å². The van der Waals surface area contributed by atoms with Crippen LogP contribution in [0.3, 0.4) is 0 Å². The molecule has 0 amide bonds. The maximum absolute atomic E-state index is 6.28. The van der Waals surface area contributed by atoms with Crippen molar-refractivity contribution in [1.82, 2.24) is 0 Å². The number of para-hydroxylation sites is 1. The van der Waals surface area contributed by atoms with E-state index in [0.29, 0.717) is 6.04 Å². The van der Waals surface area contributed by atoms with E-state index >= 15 is 0 Å². The molecule has 1 aliphatic carbocycles. The van der Waals surface area contributed by atoms with Crippen LogP contribution in [0.1, 0.15) is 29.2 Å². The highest BCUT2D eigenvalue weighted by Gasteiger charge is 2.35. The first kappa shape index (κ1) is 10.9. The molecule has 2 atom stereocenters. The molecule has 0 fully saturated rings. The Kier molecular flexibility index (Phi) is 2.31. The predicted molar refractivity (Wildman–Crippen MR) is 76.7 cm³/mol. The van der Waals surface area contributed by atoms with Crippen LogP contribution >= 0.6 is 0 Å². The Morgan fingerprint density at radius 3 is 2.95 bits per heavy atom. The second-order valence-electron chi connectivity index (χ2n) is 5.47. The average Bonchev–Trinajstić information content (AvgIpc) is 2.46. The number of rotatable bonds is 0. The molecule has 4 rings (SSSR count). The number of aryl methyl sites for hydroxylation is 2. The smallest absolute Gasteiger partial charge is 0.144 e. The van der Waals surface area contributed by atoms with Crippen LogP contribution in [0.4, 0.5) is 5.69 Å². The van der Waals surface area contributed by atoms with Crippen molar-refractivity contribution in [1.29, 1.82) is 0 Å². The van der Waals surface area contributed by atoms with Gasteiger partial charge in [-0.05, 0) is 42.5 Å². The molecule has 0 spiro atoms. The fraction of sp³-hybridized carbons (Fsp3) is 0.294. The van der Waals surface area contributed by atoms with Gasteiger partial charge in [-0.1, -0.05) is 36.4 Å². The lowest BCUT2D eigenvalue weighted by Crippen LogP contribution is -2.38. The van der Waals surface area contributed by atoms with Gasteiger partial charge in [0.15, 0.2) is 0 Å². The second-order valence-corrected chi connectivity index (χ2v) is 5.47. The highest BCUT2D eigenvalue weighted by Crippen LogP contribution is 2.43. The monoisotopic (exact) mass is 251 g/mol. The normalized spacial score (nSPS) is 23.4. The molecule has 2 unspecified atom stereocenters. The molecule has 0 aromatic heterocycles. The van der Waals surface area contributed by atoms with Gasteiger partial charge in [-0.25, -0.2) is 0 Å². The Balaban J connectivity index is 1.80. The van der Waals surface area contributed by atoms with Gasteiger partial charge in [-0.2, -0.15) is 0 Å². The van der Waals surface area contributed by atoms with Crippen LogP contribution in [-0.2, 0) is 6.42 Å². The van der Waals surface area contributed by atoms with E-state index in [4.69, 9.17) is 4.74 Å². The molecule has 2 aliphatic rings. The lowest BCUT2D eigenvalue weighted by molar-refractivity contribution is 0.157. The van der Waals surface area contributed by atoms with Crippen molar-refractivity contribution in [3.63, 3.8) is 0 Å². The van der Waals surface area contributed by atoms with Gasteiger partial charge in [0.05, 0.1) is 11.7 Å². The van der Waals surface area contributed by atoms with Crippen LogP contribution in [0.5, 0.6) is 5.75 Å². The van der Waals surface area contributed by atoms with Crippen molar-refractivity contribution in [2.24, 2.45) is 0 Å². The third-order valence-corrected chi connectivity index (χ3v) is 4.27. The van der Waals surface area contributed by atoms with Gasteiger partial charge in [-0.3, -0.25) is 0 Å². The SMILES string of the molecule is Cc1cccc2c1NC1CCc3ccccc3C1O2. The Bertz CT molecular complexity index is 635. The molecule has 1 heterocycles. The molecule has 96 valence electrons. The summed E-state index contributed by atoms with van der Waals surface area (Å²) >= 11 is 0. The largest absolute Gasteiger partial charge is 0.481 e. The fourth-order valence-electron chi connectivity index (χ4n) is 3.26. The molecule has 1 aliphatic heterocycles. The molecule has 0 bridgehead atoms. The van der Waals surface area contributed by atoms with E-state index in [9.17, 15) is 0 Å². The topological polar surface area (TPSA) is 21.3 Å². The molecule has 2 nitrogen and oxygen atoms in total. The van der Waals surface area contributed by atoms with Crippen molar-refractivity contribution in [3.05, 3.63) is 59.2 Å². The summed E-state index contributed by atoms with van der Waals surface area (Å²) < 4.78 is 6.28. The van der Waals surface area contributed by atoms with Gasteiger partial charge < -0.3 is 10.1 Å². The maximum atomic E-state index is 6.28. The Morgan fingerprint density at radius 2 is 2.00 bits per heavy atom. The zero-order valence-electron chi connectivity index (χ0n) is 11.0. The Hall–Kier alpha value is -1.96. The summed E-state index contributed by atoms with van der Waals surface area (Å²) in [5.74, 6) is 0.984. The summed E-state index contributed by atoms with van der Waals surface area (Å²) in [4.78, 5) is 0. The molecular weight excluding hydrogens is 234 g/mol. The van der Waals surface area contributed by atoms with Gasteiger partial charge in [0.2, 0.25) is 0 Å². The van der Waals surface area contributed by atoms with Crippen LogP contribution in [-0.4, -0.2) is 6.04 Å². The number of ether oxygens (including phenoxy) is 1. The standard InChI is InChI=1S/C17H17NO/c1-11-5-4-8-15-16(11)18-14-10-9-12-6-2-3-7-13(12)17(14)19-15/h2-8,14,17-18H,9-10H2,1H3. The summed E-state index contributed by atoms with van der Waals surface area (Å²) in [5, 5.41) is 3.68. The number of anilines is 1. The number of nitrogens with one attached hydrogen (secondary N) is 1. The summed E-state index contributed by atoms with van der Waals surface area (Å²) in [6, 6.07) is 15.3. The molecule has 19 heavy (non-hydrogen) atoms. The minimum absolute atomic E-state index is 0.152. The van der Waals surface area contributed by atoms with Gasteiger partial charge >= 0.3 is 0 Å². The molecular formula is C17H17NO. The third-order valence-electron chi connectivity index (χ3n) is 4.27. The molecule has 2 heteroatoms. The summed E-state index contributed by atoms with van der Waals surface area (Å²) in [7, 11) is 0. The lowest BCUT2D eigenvalue weighted by Gasteiger charge is -2.39. The van der Waals surface area contributed by atoms with E-state index in [1.54, 1.807) is 0 Å². The van der Waals surface area contributed by atoms with Gasteiger partial charge in [-0.15, -0.1) is 0 Å². The third kappa shape index (κ3) is 1.63. The minimum atomic E-state index is 0.152. The molecule has 0 saturated heterocycles. The number of benzene rings is 2. The van der Waals surface area contributed by atoms with Crippen molar-refractivity contribution in [2.75, 3.05) is 5.32 Å². The first-order valence-corrected chi connectivity index (χ1v) is 6.93. The summed E-state index contributed by atoms with van der Waals surface area (Å²) in [6.45, 7) is 2.13. The zero-order valence-corrected chi connectivity index (χ0v) is 11.0. The van der Waals surface area contributed by atoms with Crippen LogP contribution in [0, 0.1) is 6.92 Å². The predicted octanol–water partition coefficient (Wildman–Crippen LogP) is 3.86. The minimum Gasteiger partial charge on any atom is -0.481 e. The molecule has 1 N–H and O–H groups in total. The van der Waals surface area contributed by atoms with Crippen molar-refractivity contribution >= 4 is 5.69 Å². The second kappa shape index (κ2) is 4.02. The van der Waals surface area contributed by atoms with E-state index in [1.807, 2.05) is 0 Å². The van der Waals surface area contributed by atoms with Crippen molar-refractivity contribution < 1.29 is 4.74 Å². The molecule has 0 radical (unpaired) electrons. The molecule has 0 saturated carbocycles. The van der Waals surface area contributed by atoms with Crippen LogP contribution in [0.2, 0.25) is 0 Å². The highest BCUT2D eigenvalue weighted by atomic mass is 16.5. The fourth-order valence-corrected chi connectivity index (χ4v) is 3.26. The van der Waals surface area contributed by atoms with Gasteiger partial charge in [0.1, 0.15) is 11.9 Å².